The maximum Gasteiger partial charge on any atom is 0.321 e. The van der Waals surface area contributed by atoms with Gasteiger partial charge in [0.25, 0.3) is 5.91 Å². The van der Waals surface area contributed by atoms with Gasteiger partial charge in [-0.25, -0.2) is 4.79 Å². The Hall–Kier alpha value is -2.75. The molecule has 1 saturated carbocycles. The zero-order valence-electron chi connectivity index (χ0n) is 14.5. The minimum atomic E-state index is -0.549. The predicted octanol–water partition coefficient (Wildman–Crippen LogP) is 2.35. The van der Waals surface area contributed by atoms with Gasteiger partial charge in [0.2, 0.25) is 0 Å². The molecular weight excluding hydrogens is 322 g/mol. The Kier molecular flexibility index (Phi) is 6.63. The first-order valence-electron chi connectivity index (χ1n) is 8.34. The van der Waals surface area contributed by atoms with E-state index in [2.05, 4.69) is 17.6 Å². The summed E-state index contributed by atoms with van der Waals surface area (Å²) < 4.78 is 10.5. The van der Waals surface area contributed by atoms with Crippen molar-refractivity contribution in [3.63, 3.8) is 0 Å². The van der Waals surface area contributed by atoms with Crippen molar-refractivity contribution in [1.29, 1.82) is 5.26 Å². The van der Waals surface area contributed by atoms with E-state index in [1.807, 2.05) is 6.07 Å². The molecule has 2 N–H and O–H groups in total. The molecule has 0 radical (unpaired) electrons. The number of nitriles is 1. The van der Waals surface area contributed by atoms with E-state index in [9.17, 15) is 9.59 Å². The lowest BCUT2D eigenvalue weighted by atomic mass is 9.86. The monoisotopic (exact) mass is 345 g/mol. The van der Waals surface area contributed by atoms with Crippen LogP contribution in [0.25, 0.3) is 0 Å². The number of ether oxygens (including phenoxy) is 2. The quantitative estimate of drug-likeness (QED) is 0.853. The Morgan fingerprint density at radius 1 is 1.28 bits per heavy atom. The van der Waals surface area contributed by atoms with Gasteiger partial charge in [-0.3, -0.25) is 10.1 Å². The van der Waals surface area contributed by atoms with Gasteiger partial charge in [0.1, 0.15) is 0 Å². The van der Waals surface area contributed by atoms with Crippen LogP contribution in [0.5, 0.6) is 11.5 Å². The molecule has 7 heteroatoms. The lowest BCUT2D eigenvalue weighted by Gasteiger charge is -2.29. The average molecular weight is 345 g/mol. The van der Waals surface area contributed by atoms with Gasteiger partial charge in [-0.05, 0) is 30.9 Å². The summed E-state index contributed by atoms with van der Waals surface area (Å²) >= 11 is 0. The maximum absolute atomic E-state index is 11.9. The number of methoxy groups -OCH3 is 1. The molecule has 1 aliphatic rings. The molecule has 0 aliphatic heterocycles. The molecule has 1 fully saturated rings. The van der Waals surface area contributed by atoms with E-state index in [-0.39, 0.29) is 12.6 Å². The molecule has 7 nitrogen and oxygen atoms in total. The number of rotatable bonds is 5. The van der Waals surface area contributed by atoms with Gasteiger partial charge in [-0.1, -0.05) is 19.8 Å². The molecular formula is C18H23N3O4. The molecule has 0 aromatic heterocycles. The van der Waals surface area contributed by atoms with Crippen LogP contribution >= 0.6 is 0 Å². The second-order valence-corrected chi connectivity index (χ2v) is 6.16. The zero-order valence-corrected chi connectivity index (χ0v) is 14.5. The van der Waals surface area contributed by atoms with Crippen molar-refractivity contribution in [2.75, 3.05) is 13.7 Å². The van der Waals surface area contributed by atoms with Crippen molar-refractivity contribution < 1.29 is 19.1 Å². The highest BCUT2D eigenvalue weighted by atomic mass is 16.5. The summed E-state index contributed by atoms with van der Waals surface area (Å²) in [6, 6.07) is 6.22. The van der Waals surface area contributed by atoms with Crippen LogP contribution < -0.4 is 20.1 Å². The number of carbonyl (C=O) groups is 2. The van der Waals surface area contributed by atoms with Crippen molar-refractivity contribution >= 4 is 11.9 Å². The van der Waals surface area contributed by atoms with Crippen molar-refractivity contribution in [1.82, 2.24) is 10.6 Å². The van der Waals surface area contributed by atoms with Crippen LogP contribution in [0.3, 0.4) is 0 Å². The van der Waals surface area contributed by atoms with E-state index in [0.717, 1.165) is 19.3 Å². The summed E-state index contributed by atoms with van der Waals surface area (Å²) in [5, 5.41) is 14.0. The molecule has 2 rings (SSSR count). The van der Waals surface area contributed by atoms with Gasteiger partial charge in [0.05, 0.1) is 18.7 Å². The normalized spacial score (nSPS) is 19.4. The molecule has 0 spiro atoms. The Morgan fingerprint density at radius 2 is 2.04 bits per heavy atom. The van der Waals surface area contributed by atoms with Gasteiger partial charge >= 0.3 is 6.03 Å². The third-order valence-corrected chi connectivity index (χ3v) is 4.33. The van der Waals surface area contributed by atoms with E-state index in [0.29, 0.717) is 23.0 Å². The number of carbonyl (C=O) groups excluding carboxylic acids is 2. The second-order valence-electron chi connectivity index (χ2n) is 6.16. The molecule has 0 saturated heterocycles. The first-order chi connectivity index (χ1) is 12.0. The molecule has 1 aliphatic carbocycles. The smallest absolute Gasteiger partial charge is 0.321 e. The first-order valence-corrected chi connectivity index (χ1v) is 8.34. The van der Waals surface area contributed by atoms with E-state index in [4.69, 9.17) is 14.7 Å². The number of urea groups is 1. The Balaban J connectivity index is 1.82. The van der Waals surface area contributed by atoms with Crippen molar-refractivity contribution in [2.45, 2.75) is 38.6 Å². The fraction of sp³-hybridized carbons (Fsp3) is 0.500. The number of nitrogens with zero attached hydrogens (tertiary/aromatic N) is 1. The number of hydrogen-bond donors (Lipinski definition) is 2. The summed E-state index contributed by atoms with van der Waals surface area (Å²) in [5.74, 6) is 0.548. The molecule has 3 amide bonds. The van der Waals surface area contributed by atoms with Crippen LogP contribution in [0.1, 0.15) is 38.2 Å². The van der Waals surface area contributed by atoms with Crippen molar-refractivity contribution in [2.24, 2.45) is 5.92 Å². The van der Waals surface area contributed by atoms with E-state index in [1.165, 1.54) is 19.6 Å². The maximum atomic E-state index is 11.9. The third kappa shape index (κ3) is 5.38. The SMILES string of the molecule is COc1cc(C#N)ccc1OCC(=O)NC(=O)N[C@@H]1CCCC[C@@H]1C. The fourth-order valence-electron chi connectivity index (χ4n) is 2.90. The third-order valence-electron chi connectivity index (χ3n) is 4.33. The van der Waals surface area contributed by atoms with Crippen LogP contribution in [0.15, 0.2) is 18.2 Å². The van der Waals surface area contributed by atoms with Gasteiger partial charge in [0, 0.05) is 12.1 Å². The highest BCUT2D eigenvalue weighted by molar-refractivity contribution is 5.95. The highest BCUT2D eigenvalue weighted by Gasteiger charge is 2.23. The highest BCUT2D eigenvalue weighted by Crippen LogP contribution is 2.27. The van der Waals surface area contributed by atoms with Crippen molar-refractivity contribution in [3.05, 3.63) is 23.8 Å². The second kappa shape index (κ2) is 8.92. The zero-order chi connectivity index (χ0) is 18.2. The van der Waals surface area contributed by atoms with Crippen LogP contribution in [0.2, 0.25) is 0 Å². The number of hydrogen-bond acceptors (Lipinski definition) is 5. The number of benzene rings is 1. The van der Waals surface area contributed by atoms with Crippen LogP contribution in [-0.4, -0.2) is 31.7 Å². The van der Waals surface area contributed by atoms with Crippen LogP contribution in [-0.2, 0) is 4.79 Å². The minimum absolute atomic E-state index is 0.0982. The topological polar surface area (TPSA) is 100 Å². The Bertz CT molecular complexity index is 669. The Morgan fingerprint density at radius 3 is 2.72 bits per heavy atom. The summed E-state index contributed by atoms with van der Waals surface area (Å²) in [7, 11) is 1.45. The minimum Gasteiger partial charge on any atom is -0.493 e. The molecule has 1 aromatic rings. The lowest BCUT2D eigenvalue weighted by Crippen LogP contribution is -2.48. The summed E-state index contributed by atoms with van der Waals surface area (Å²) in [6.45, 7) is 1.78. The molecule has 134 valence electrons. The Labute approximate surface area is 147 Å². The number of nitrogens with one attached hydrogen (secondary N) is 2. The van der Waals surface area contributed by atoms with Gasteiger partial charge in [0.15, 0.2) is 18.1 Å². The fourth-order valence-corrected chi connectivity index (χ4v) is 2.90. The largest absolute Gasteiger partial charge is 0.493 e. The average Bonchev–Trinajstić information content (AvgIpc) is 2.61. The number of imide groups is 1. The molecule has 0 unspecified atom stereocenters. The van der Waals surface area contributed by atoms with Crippen LogP contribution in [0, 0.1) is 17.2 Å². The van der Waals surface area contributed by atoms with Gasteiger partial charge in [-0.2, -0.15) is 5.26 Å². The molecule has 0 heterocycles. The number of amides is 3. The molecule has 25 heavy (non-hydrogen) atoms. The molecule has 0 bridgehead atoms. The van der Waals surface area contributed by atoms with Crippen LogP contribution in [0.4, 0.5) is 4.79 Å². The molecule has 2 atom stereocenters. The first kappa shape index (κ1) is 18.6. The lowest BCUT2D eigenvalue weighted by molar-refractivity contribution is -0.122. The standard InChI is InChI=1S/C18H23N3O4/c1-12-5-3-4-6-14(12)20-18(23)21-17(22)11-25-15-8-7-13(10-19)9-16(15)24-2/h7-9,12,14H,3-6,11H2,1-2H3,(H2,20,21,22,23)/t12-,14+/m0/s1. The van der Waals surface area contributed by atoms with Gasteiger partial charge in [-0.15, -0.1) is 0 Å². The van der Waals surface area contributed by atoms with E-state index in [1.54, 1.807) is 12.1 Å². The molecule has 1 aromatic carbocycles. The van der Waals surface area contributed by atoms with E-state index < -0.39 is 11.9 Å². The van der Waals surface area contributed by atoms with Gasteiger partial charge < -0.3 is 14.8 Å². The summed E-state index contributed by atoms with van der Waals surface area (Å²) in [4.78, 5) is 23.8. The summed E-state index contributed by atoms with van der Waals surface area (Å²) in [5.41, 5.74) is 0.426. The summed E-state index contributed by atoms with van der Waals surface area (Å²) in [6.07, 6.45) is 4.28. The predicted molar refractivity (Wildman–Crippen MR) is 91.3 cm³/mol. The van der Waals surface area contributed by atoms with E-state index >= 15 is 0 Å². The van der Waals surface area contributed by atoms with Crippen molar-refractivity contribution in [3.8, 4) is 17.6 Å².